The maximum Gasteiger partial charge on any atom is 0.156 e. The molecule has 1 aromatic carbocycles. The van der Waals surface area contributed by atoms with Crippen LogP contribution in [0.3, 0.4) is 0 Å². The molecule has 1 aromatic rings. The highest BCUT2D eigenvalue weighted by Gasteiger charge is 2.00. The Morgan fingerprint density at radius 2 is 1.32 bits per heavy atom. The lowest BCUT2D eigenvalue weighted by Crippen LogP contribution is -1.97. The van der Waals surface area contributed by atoms with Crippen LogP contribution in [0.2, 0.25) is 0 Å². The molecular weight excluding hydrogens is 272 g/mol. The van der Waals surface area contributed by atoms with Gasteiger partial charge < -0.3 is 0 Å². The molecule has 0 aliphatic carbocycles. The second-order valence-electron chi connectivity index (χ2n) is 4.48. The molecule has 0 aliphatic rings. The Bertz CT molecular complexity index is 428. The van der Waals surface area contributed by atoms with Gasteiger partial charge in [-0.05, 0) is 43.0 Å². The summed E-state index contributed by atoms with van der Waals surface area (Å²) in [6, 6.07) is 8.39. The van der Waals surface area contributed by atoms with Crippen molar-refractivity contribution in [2.45, 2.75) is 67.2 Å². The first-order chi connectivity index (χ1) is 10.6. The lowest BCUT2D eigenvalue weighted by Gasteiger charge is -2.02. The van der Waals surface area contributed by atoms with Gasteiger partial charge in [0, 0.05) is 6.42 Å². The van der Waals surface area contributed by atoms with E-state index in [1.807, 2.05) is 27.7 Å². The molecule has 124 valence electrons. The Balaban J connectivity index is 0. The average Bonchev–Trinajstić information content (AvgIpc) is 2.56. The van der Waals surface area contributed by atoms with Gasteiger partial charge in [-0.25, -0.2) is 0 Å². The maximum absolute atomic E-state index is 11.5. The number of carbonyl (C=O) groups excluding carboxylic acids is 2. The highest BCUT2D eigenvalue weighted by Crippen LogP contribution is 2.09. The van der Waals surface area contributed by atoms with Crippen LogP contribution in [0.25, 0.3) is 0 Å². The molecule has 0 atom stereocenters. The van der Waals surface area contributed by atoms with Crippen molar-refractivity contribution < 1.29 is 9.59 Å². The van der Waals surface area contributed by atoms with Crippen molar-refractivity contribution in [2.75, 3.05) is 0 Å². The Kier molecular flexibility index (Phi) is 16.1. The van der Waals surface area contributed by atoms with Crippen molar-refractivity contribution in [3.63, 3.8) is 0 Å². The minimum absolute atomic E-state index is 0.00262. The molecule has 2 nitrogen and oxygen atoms in total. The Morgan fingerprint density at radius 1 is 0.864 bits per heavy atom. The summed E-state index contributed by atoms with van der Waals surface area (Å²) in [5, 5.41) is 0. The third-order valence-electron chi connectivity index (χ3n) is 2.73. The Morgan fingerprint density at radius 3 is 1.73 bits per heavy atom. The van der Waals surface area contributed by atoms with Gasteiger partial charge in [-0.2, -0.15) is 0 Å². The van der Waals surface area contributed by atoms with Gasteiger partial charge >= 0.3 is 0 Å². The minimum atomic E-state index is -0.0905. The molecule has 0 unspecified atom stereocenters. The van der Waals surface area contributed by atoms with E-state index in [4.69, 9.17) is 0 Å². The van der Waals surface area contributed by atoms with Gasteiger partial charge in [0.1, 0.15) is 0 Å². The zero-order valence-corrected chi connectivity index (χ0v) is 15.1. The van der Waals surface area contributed by atoms with Crippen molar-refractivity contribution in [1.82, 2.24) is 0 Å². The first-order valence-corrected chi connectivity index (χ1v) is 8.41. The molecule has 0 fully saturated rings. The first kappa shape index (κ1) is 22.6. The van der Waals surface area contributed by atoms with Crippen LogP contribution in [0.4, 0.5) is 0 Å². The van der Waals surface area contributed by atoms with Crippen LogP contribution < -0.4 is 0 Å². The summed E-state index contributed by atoms with van der Waals surface area (Å²) in [7, 11) is 0. The van der Waals surface area contributed by atoms with Crippen molar-refractivity contribution in [2.24, 2.45) is 0 Å². The van der Waals surface area contributed by atoms with E-state index < -0.39 is 0 Å². The van der Waals surface area contributed by atoms with Gasteiger partial charge in [0.2, 0.25) is 0 Å². The zero-order valence-electron chi connectivity index (χ0n) is 15.1. The van der Waals surface area contributed by atoms with Gasteiger partial charge in [0.15, 0.2) is 11.6 Å². The fourth-order valence-corrected chi connectivity index (χ4v) is 1.72. The summed E-state index contributed by atoms with van der Waals surface area (Å²) < 4.78 is 0. The van der Waals surface area contributed by atoms with Crippen LogP contribution in [0.5, 0.6) is 0 Å². The third kappa shape index (κ3) is 12.1. The number of allylic oxidation sites excluding steroid dienone is 2. The summed E-state index contributed by atoms with van der Waals surface area (Å²) in [5.74, 6) is -0.0879. The smallest absolute Gasteiger partial charge is 0.156 e. The average molecular weight is 304 g/mol. The van der Waals surface area contributed by atoms with E-state index >= 15 is 0 Å². The first-order valence-electron chi connectivity index (χ1n) is 8.41. The molecule has 0 radical (unpaired) electrons. The lowest BCUT2D eigenvalue weighted by atomic mass is 10.0. The Labute approximate surface area is 136 Å². The summed E-state index contributed by atoms with van der Waals surface area (Å²) in [6.45, 7) is 11.6. The molecule has 0 amide bonds. The van der Waals surface area contributed by atoms with Crippen LogP contribution in [0.1, 0.15) is 65.5 Å². The molecule has 1 rings (SSSR count). The molecule has 0 bridgehead atoms. The Hall–Kier alpha value is -1.70. The van der Waals surface area contributed by atoms with Crippen molar-refractivity contribution >= 4 is 11.6 Å². The number of hydrogen-bond donors (Lipinski definition) is 0. The van der Waals surface area contributed by atoms with Crippen molar-refractivity contribution in [3.05, 3.63) is 47.5 Å². The predicted octanol–water partition coefficient (Wildman–Crippen LogP) is 5.34. The van der Waals surface area contributed by atoms with E-state index in [1.165, 1.54) is 30.2 Å². The number of ketones is 2. The molecule has 2 heteroatoms. The lowest BCUT2D eigenvalue weighted by molar-refractivity contribution is -0.116. The fourth-order valence-electron chi connectivity index (χ4n) is 1.72. The standard InChI is InChI=1S/C16H20O2.2C2H6/c1-3-4-14-6-8-15(9-7-14)10-12-16(18)11-5-13(2)17;2*1-2/h5-9,11H,3-4,10,12H2,1-2H3;2*1-2H3/b11-5-;;. The van der Waals surface area contributed by atoms with Crippen LogP contribution in [-0.4, -0.2) is 11.6 Å². The van der Waals surface area contributed by atoms with E-state index in [2.05, 4.69) is 31.2 Å². The largest absolute Gasteiger partial charge is 0.295 e. The quantitative estimate of drug-likeness (QED) is 0.637. The maximum atomic E-state index is 11.5. The molecule has 0 aliphatic heterocycles. The number of hydrogen-bond acceptors (Lipinski definition) is 2. The van der Waals surface area contributed by atoms with E-state index in [0.29, 0.717) is 6.42 Å². The van der Waals surface area contributed by atoms with E-state index in [9.17, 15) is 9.59 Å². The monoisotopic (exact) mass is 304 g/mol. The van der Waals surface area contributed by atoms with Gasteiger partial charge in [0.25, 0.3) is 0 Å². The van der Waals surface area contributed by atoms with E-state index in [1.54, 1.807) is 0 Å². The summed E-state index contributed by atoms with van der Waals surface area (Å²) in [4.78, 5) is 22.1. The zero-order chi connectivity index (χ0) is 17.4. The number of benzene rings is 1. The van der Waals surface area contributed by atoms with Crippen LogP contribution >= 0.6 is 0 Å². The molecule has 0 spiro atoms. The molecule has 0 saturated carbocycles. The summed E-state index contributed by atoms with van der Waals surface area (Å²) in [6.07, 6.45) is 6.12. The third-order valence-corrected chi connectivity index (χ3v) is 2.73. The summed E-state index contributed by atoms with van der Waals surface area (Å²) in [5.41, 5.74) is 2.50. The van der Waals surface area contributed by atoms with Gasteiger partial charge in [0.05, 0.1) is 0 Å². The van der Waals surface area contributed by atoms with Gasteiger partial charge in [-0.3, -0.25) is 9.59 Å². The second-order valence-corrected chi connectivity index (χ2v) is 4.48. The minimum Gasteiger partial charge on any atom is -0.295 e. The van der Waals surface area contributed by atoms with Crippen LogP contribution in [-0.2, 0) is 22.4 Å². The molecule has 0 N–H and O–H groups in total. The molecule has 0 saturated heterocycles. The normalized spacial score (nSPS) is 9.36. The SMILES string of the molecule is CC.CC.CCCc1ccc(CCC(=O)/C=C\C(C)=O)cc1. The highest BCUT2D eigenvalue weighted by molar-refractivity contribution is 5.97. The molecule has 0 aromatic heterocycles. The van der Waals surface area contributed by atoms with Gasteiger partial charge in [-0.15, -0.1) is 0 Å². The topological polar surface area (TPSA) is 34.1 Å². The fraction of sp³-hybridized carbons (Fsp3) is 0.500. The van der Waals surface area contributed by atoms with Crippen molar-refractivity contribution in [1.29, 1.82) is 0 Å². The molecule has 22 heavy (non-hydrogen) atoms. The van der Waals surface area contributed by atoms with Crippen molar-refractivity contribution in [3.8, 4) is 0 Å². The molecule has 0 heterocycles. The second kappa shape index (κ2) is 15.7. The predicted molar refractivity (Wildman–Crippen MR) is 96.3 cm³/mol. The van der Waals surface area contributed by atoms with E-state index in [0.717, 1.165) is 19.3 Å². The molecular formula is C20H32O2. The summed E-state index contributed by atoms with van der Waals surface area (Å²) >= 11 is 0. The van der Waals surface area contributed by atoms with Crippen LogP contribution in [0, 0.1) is 0 Å². The highest BCUT2D eigenvalue weighted by atomic mass is 16.1. The number of rotatable bonds is 7. The van der Waals surface area contributed by atoms with E-state index in [-0.39, 0.29) is 11.6 Å². The van der Waals surface area contributed by atoms with Gasteiger partial charge in [-0.1, -0.05) is 65.3 Å². The number of carbonyl (C=O) groups is 2. The number of aryl methyl sites for hydroxylation is 2. The van der Waals surface area contributed by atoms with Crippen LogP contribution in [0.15, 0.2) is 36.4 Å².